The number of carbonyl (C=O) groups is 3. The van der Waals surface area contributed by atoms with E-state index in [0.717, 1.165) is 19.3 Å². The maximum Gasteiger partial charge on any atom is 0.335 e. The molecule has 1 aliphatic heterocycles. The first-order valence-electron chi connectivity index (χ1n) is 15.7. The maximum absolute atomic E-state index is 13.0. The number of rotatable bonds is 22. The molecule has 0 radical (unpaired) electrons. The van der Waals surface area contributed by atoms with E-state index in [1.807, 2.05) is 40.7 Å². The molecule has 0 aliphatic carbocycles. The largest absolute Gasteiger partial charge is 0.462 e. The summed E-state index contributed by atoms with van der Waals surface area (Å²) >= 11 is 0. The van der Waals surface area contributed by atoms with Crippen molar-refractivity contribution in [2.24, 2.45) is 29.4 Å². The van der Waals surface area contributed by atoms with Crippen molar-refractivity contribution in [2.75, 3.05) is 33.9 Å². The lowest BCUT2D eigenvalue weighted by Gasteiger charge is -2.34. The molecule has 8 atom stereocenters. The van der Waals surface area contributed by atoms with Crippen LogP contribution in [-0.2, 0) is 38.1 Å². The first kappa shape index (κ1) is 38.0. The Morgan fingerprint density at radius 2 is 1.74 bits per heavy atom. The quantitative estimate of drug-likeness (QED) is 0.142. The fourth-order valence-electron chi connectivity index (χ4n) is 5.44. The summed E-state index contributed by atoms with van der Waals surface area (Å²) < 4.78 is 29.3. The molecule has 244 valence electrons. The number of methoxy groups -OCH3 is 2. The summed E-state index contributed by atoms with van der Waals surface area (Å²) in [4.78, 5) is 38.2. The average molecular weight is 599 g/mol. The molecule has 42 heavy (non-hydrogen) atoms. The lowest BCUT2D eigenvalue weighted by molar-refractivity contribution is -0.166. The van der Waals surface area contributed by atoms with E-state index < -0.39 is 12.2 Å². The molecule has 1 fully saturated rings. The monoisotopic (exact) mass is 598 g/mol. The Balaban J connectivity index is 3.02. The van der Waals surface area contributed by atoms with Gasteiger partial charge in [0, 0.05) is 58.2 Å². The van der Waals surface area contributed by atoms with Crippen LogP contribution >= 0.6 is 0 Å². The van der Waals surface area contributed by atoms with Crippen molar-refractivity contribution in [2.45, 2.75) is 117 Å². The molecule has 1 rings (SSSR count). The van der Waals surface area contributed by atoms with Crippen molar-refractivity contribution in [3.8, 4) is 0 Å². The zero-order valence-electron chi connectivity index (χ0n) is 27.3. The van der Waals surface area contributed by atoms with Gasteiger partial charge in [-0.3, -0.25) is 9.59 Å². The molecule has 10 heteroatoms. The summed E-state index contributed by atoms with van der Waals surface area (Å²) in [6.45, 7) is 13.8. The predicted octanol–water partition coefficient (Wildman–Crippen LogP) is 4.48. The Morgan fingerprint density at radius 1 is 1.02 bits per heavy atom. The highest BCUT2D eigenvalue weighted by Crippen LogP contribution is 2.30. The minimum Gasteiger partial charge on any atom is -0.462 e. The van der Waals surface area contributed by atoms with Crippen molar-refractivity contribution in [3.63, 3.8) is 0 Å². The van der Waals surface area contributed by atoms with Crippen LogP contribution in [0.4, 0.5) is 0 Å². The number of amides is 1. The standard InChI is InChI=1S/C32H58N2O8/c1-9-34(21-35)18-16-24(5)31(39-8)25(6)26(42-32(37)27-12-11-19-40-27)15-14-23(4)29(38-7)20-28(22(2)3)41-30(36)13-10-17-33/h16,18,21-29,31H,9-15,17,19-20,33H2,1-8H3/b18-16+/t23-,24+,25-,26+,27+,28-,29-,31+/m0/s1. The number of hydrogen-bond donors (Lipinski definition) is 1. The van der Waals surface area contributed by atoms with E-state index in [-0.39, 0.29) is 53.9 Å². The average Bonchev–Trinajstić information content (AvgIpc) is 3.52. The first-order chi connectivity index (χ1) is 20.0. The Bertz CT molecular complexity index is 801. The number of carbonyl (C=O) groups excluding carboxylic acids is 3. The summed E-state index contributed by atoms with van der Waals surface area (Å²) in [6, 6.07) is 0. The van der Waals surface area contributed by atoms with Gasteiger partial charge in [-0.25, -0.2) is 4.79 Å². The minimum absolute atomic E-state index is 0.0344. The van der Waals surface area contributed by atoms with Gasteiger partial charge in [0.25, 0.3) is 0 Å². The smallest absolute Gasteiger partial charge is 0.335 e. The molecule has 0 unspecified atom stereocenters. The van der Waals surface area contributed by atoms with Crippen molar-refractivity contribution in [1.82, 2.24) is 4.90 Å². The number of nitrogens with two attached hydrogens (primary N) is 1. The zero-order chi connectivity index (χ0) is 31.7. The number of esters is 2. The van der Waals surface area contributed by atoms with E-state index in [2.05, 4.69) is 6.92 Å². The zero-order valence-corrected chi connectivity index (χ0v) is 27.3. The molecule has 0 bridgehead atoms. The SMILES string of the molecule is CCN(C=O)/C=C/[C@@H](C)[C@@H](OC)[C@@H](C)[C@@H](CC[C@H](C)[C@H](C[C@H](OC(=O)CCCN)C(C)C)OC)OC(=O)[C@H]1CCCO1. The number of nitrogens with zero attached hydrogens (tertiary/aromatic N) is 1. The molecule has 1 amide bonds. The summed E-state index contributed by atoms with van der Waals surface area (Å²) in [7, 11) is 3.34. The van der Waals surface area contributed by atoms with Crippen molar-refractivity contribution in [3.05, 3.63) is 12.3 Å². The molecular weight excluding hydrogens is 540 g/mol. The lowest BCUT2D eigenvalue weighted by Crippen LogP contribution is -2.40. The van der Waals surface area contributed by atoms with Gasteiger partial charge in [0.15, 0.2) is 6.10 Å². The van der Waals surface area contributed by atoms with Gasteiger partial charge >= 0.3 is 11.9 Å². The van der Waals surface area contributed by atoms with E-state index >= 15 is 0 Å². The van der Waals surface area contributed by atoms with Crippen LogP contribution in [0.2, 0.25) is 0 Å². The second kappa shape index (κ2) is 20.8. The topological polar surface area (TPSA) is 127 Å². The van der Waals surface area contributed by atoms with Crippen LogP contribution in [0.5, 0.6) is 0 Å². The van der Waals surface area contributed by atoms with Crippen molar-refractivity contribution >= 4 is 18.3 Å². The van der Waals surface area contributed by atoms with Gasteiger partial charge in [-0.05, 0) is 57.4 Å². The van der Waals surface area contributed by atoms with E-state index in [0.29, 0.717) is 51.8 Å². The second-order valence-electron chi connectivity index (χ2n) is 11.9. The van der Waals surface area contributed by atoms with Crippen LogP contribution in [0.3, 0.4) is 0 Å². The van der Waals surface area contributed by atoms with E-state index in [1.165, 1.54) is 0 Å². The third-order valence-electron chi connectivity index (χ3n) is 8.36. The maximum atomic E-state index is 13.0. The molecule has 10 nitrogen and oxygen atoms in total. The molecular formula is C32H58N2O8. The Hall–Kier alpha value is -2.01. The second-order valence-corrected chi connectivity index (χ2v) is 11.9. The Labute approximate surface area is 254 Å². The Morgan fingerprint density at radius 3 is 2.26 bits per heavy atom. The van der Waals surface area contributed by atoms with E-state index in [4.69, 9.17) is 29.4 Å². The molecule has 0 saturated carbocycles. The van der Waals surface area contributed by atoms with Gasteiger partial charge in [0.1, 0.15) is 12.2 Å². The summed E-state index contributed by atoms with van der Waals surface area (Å²) in [5.41, 5.74) is 5.54. The molecule has 0 aromatic carbocycles. The van der Waals surface area contributed by atoms with Gasteiger partial charge in [0.2, 0.25) is 6.41 Å². The molecule has 1 aliphatic rings. The van der Waals surface area contributed by atoms with Gasteiger partial charge < -0.3 is 34.3 Å². The fourth-order valence-corrected chi connectivity index (χ4v) is 5.44. The summed E-state index contributed by atoms with van der Waals surface area (Å²) in [5.74, 6) is -0.489. The Kier molecular flexibility index (Phi) is 18.8. The molecule has 0 aromatic heterocycles. The predicted molar refractivity (Wildman–Crippen MR) is 162 cm³/mol. The van der Waals surface area contributed by atoms with E-state index in [9.17, 15) is 14.4 Å². The number of hydrogen-bond acceptors (Lipinski definition) is 9. The third-order valence-corrected chi connectivity index (χ3v) is 8.36. The van der Waals surface area contributed by atoms with Crippen molar-refractivity contribution in [1.29, 1.82) is 0 Å². The van der Waals surface area contributed by atoms with Gasteiger partial charge in [-0.2, -0.15) is 0 Å². The van der Waals surface area contributed by atoms with Crippen LogP contribution in [-0.4, -0.2) is 87.7 Å². The van der Waals surface area contributed by atoms with Crippen molar-refractivity contribution < 1.29 is 38.1 Å². The third kappa shape index (κ3) is 13.1. The van der Waals surface area contributed by atoms with Crippen LogP contribution in [0, 0.1) is 23.7 Å². The summed E-state index contributed by atoms with van der Waals surface area (Å²) in [6.07, 6.45) is 7.22. The normalized spacial score (nSPS) is 20.5. The molecule has 0 aromatic rings. The fraction of sp³-hybridized carbons (Fsp3) is 0.844. The van der Waals surface area contributed by atoms with Crippen LogP contribution in [0.15, 0.2) is 12.3 Å². The molecule has 1 heterocycles. The minimum atomic E-state index is -0.534. The molecule has 1 saturated heterocycles. The first-order valence-corrected chi connectivity index (χ1v) is 15.7. The summed E-state index contributed by atoms with van der Waals surface area (Å²) in [5, 5.41) is 0. The van der Waals surface area contributed by atoms with Crippen LogP contribution in [0.25, 0.3) is 0 Å². The van der Waals surface area contributed by atoms with Crippen LogP contribution < -0.4 is 5.73 Å². The van der Waals surface area contributed by atoms with Crippen LogP contribution in [0.1, 0.15) is 86.5 Å². The highest BCUT2D eigenvalue weighted by atomic mass is 16.6. The molecule has 0 spiro atoms. The highest BCUT2D eigenvalue weighted by Gasteiger charge is 2.35. The lowest BCUT2D eigenvalue weighted by atomic mass is 9.84. The molecule has 2 N–H and O–H groups in total. The van der Waals surface area contributed by atoms with E-state index in [1.54, 1.807) is 25.3 Å². The highest BCUT2D eigenvalue weighted by molar-refractivity contribution is 5.75. The number of ether oxygens (including phenoxy) is 5. The van der Waals surface area contributed by atoms with Gasteiger partial charge in [0.05, 0.1) is 12.2 Å². The van der Waals surface area contributed by atoms with Gasteiger partial charge in [-0.1, -0.05) is 40.7 Å². The van der Waals surface area contributed by atoms with Gasteiger partial charge in [-0.15, -0.1) is 0 Å².